The van der Waals surface area contributed by atoms with Gasteiger partial charge in [-0.05, 0) is 73.2 Å². The Balaban J connectivity index is 1.40. The van der Waals surface area contributed by atoms with Gasteiger partial charge in [-0.1, -0.05) is 36.1 Å². The summed E-state index contributed by atoms with van der Waals surface area (Å²) in [5, 5.41) is 0.890. The number of aryl methyl sites for hydroxylation is 2. The van der Waals surface area contributed by atoms with E-state index in [9.17, 15) is 8.78 Å². The van der Waals surface area contributed by atoms with Crippen LogP contribution in [0.3, 0.4) is 0 Å². The first kappa shape index (κ1) is 20.6. The van der Waals surface area contributed by atoms with E-state index in [0.29, 0.717) is 12.0 Å². The van der Waals surface area contributed by atoms with E-state index in [1.165, 1.54) is 5.56 Å². The summed E-state index contributed by atoms with van der Waals surface area (Å²) in [6, 6.07) is 19.8. The first-order valence-corrected chi connectivity index (χ1v) is 10.2. The van der Waals surface area contributed by atoms with Gasteiger partial charge in [-0.25, -0.2) is 8.78 Å². The van der Waals surface area contributed by atoms with Gasteiger partial charge in [0.2, 0.25) is 0 Å². The number of rotatable bonds is 5. The monoisotopic (exact) mass is 413 g/mol. The van der Waals surface area contributed by atoms with E-state index >= 15 is 0 Å². The van der Waals surface area contributed by atoms with Crippen molar-refractivity contribution in [2.75, 3.05) is 6.61 Å². The number of benzene rings is 3. The molecule has 0 aliphatic heterocycles. The Morgan fingerprint density at radius 2 is 1.61 bits per heavy atom. The molecule has 0 atom stereocenters. The Morgan fingerprint density at radius 1 is 0.839 bits per heavy atom. The predicted octanol–water partition coefficient (Wildman–Crippen LogP) is 6.10. The topological polar surface area (TPSA) is 22.1 Å². The van der Waals surface area contributed by atoms with Gasteiger partial charge in [0.15, 0.2) is 11.6 Å². The second-order valence-corrected chi connectivity index (χ2v) is 7.16. The molecule has 0 aliphatic rings. The van der Waals surface area contributed by atoms with Crippen molar-refractivity contribution in [2.45, 2.75) is 19.8 Å². The minimum Gasteiger partial charge on any atom is -0.492 e. The van der Waals surface area contributed by atoms with Crippen molar-refractivity contribution in [2.24, 2.45) is 0 Å². The summed E-state index contributed by atoms with van der Waals surface area (Å²) in [7, 11) is 0. The highest BCUT2D eigenvalue weighted by Crippen LogP contribution is 2.21. The van der Waals surface area contributed by atoms with Gasteiger partial charge in [-0.3, -0.25) is 4.98 Å². The minimum absolute atomic E-state index is 0.261. The van der Waals surface area contributed by atoms with Gasteiger partial charge < -0.3 is 4.74 Å². The molecule has 0 fully saturated rings. The fourth-order valence-electron chi connectivity index (χ4n) is 3.33. The lowest BCUT2D eigenvalue weighted by atomic mass is 10.0. The van der Waals surface area contributed by atoms with Gasteiger partial charge in [0, 0.05) is 22.2 Å². The van der Waals surface area contributed by atoms with Crippen molar-refractivity contribution in [1.82, 2.24) is 4.98 Å². The number of nitrogens with zero attached hydrogens (tertiary/aromatic N) is 1. The van der Waals surface area contributed by atoms with Crippen molar-refractivity contribution in [3.8, 4) is 17.6 Å². The lowest BCUT2D eigenvalue weighted by Gasteiger charge is -2.05. The molecule has 0 amide bonds. The van der Waals surface area contributed by atoms with Crippen molar-refractivity contribution in [3.63, 3.8) is 0 Å². The normalized spacial score (nSPS) is 10.5. The molecule has 0 unspecified atom stereocenters. The molecule has 0 radical (unpaired) electrons. The fraction of sp³-hybridized carbons (Fsp3) is 0.148. The average Bonchev–Trinajstić information content (AvgIpc) is 2.80. The van der Waals surface area contributed by atoms with Gasteiger partial charge in [-0.2, -0.15) is 0 Å². The lowest BCUT2D eigenvalue weighted by Crippen LogP contribution is -1.96. The average molecular weight is 413 g/mol. The molecule has 154 valence electrons. The van der Waals surface area contributed by atoms with Crippen LogP contribution >= 0.6 is 0 Å². The SMILES string of the molecule is CCOc1ccc(CCc2ccc(C#Cc3ccc4c(F)c(F)ccc4c3)cc2)nc1. The van der Waals surface area contributed by atoms with Crippen LogP contribution in [0.2, 0.25) is 0 Å². The molecule has 31 heavy (non-hydrogen) atoms. The van der Waals surface area contributed by atoms with E-state index in [0.717, 1.165) is 41.5 Å². The molecule has 4 rings (SSSR count). The standard InChI is InChI=1S/C27H21F2NO/c1-2-31-24-14-13-23(30-18-24)12-9-20-5-3-19(4-6-20)7-8-21-10-15-25-22(17-21)11-16-26(28)27(25)29/h3-6,10-11,13-18H,2,9,12H2,1H3. The van der Waals surface area contributed by atoms with E-state index in [2.05, 4.69) is 29.0 Å². The molecule has 3 aromatic carbocycles. The van der Waals surface area contributed by atoms with Crippen LogP contribution in [-0.2, 0) is 12.8 Å². The Kier molecular flexibility index (Phi) is 6.24. The van der Waals surface area contributed by atoms with Gasteiger partial charge in [0.05, 0.1) is 12.8 Å². The maximum absolute atomic E-state index is 13.8. The Labute approximate surface area is 180 Å². The number of hydrogen-bond donors (Lipinski definition) is 0. The molecule has 2 nitrogen and oxygen atoms in total. The first-order valence-electron chi connectivity index (χ1n) is 10.2. The first-order chi connectivity index (χ1) is 15.1. The summed E-state index contributed by atoms with van der Waals surface area (Å²) in [6.45, 7) is 2.59. The largest absolute Gasteiger partial charge is 0.492 e. The van der Waals surface area contributed by atoms with Gasteiger partial charge in [-0.15, -0.1) is 0 Å². The van der Waals surface area contributed by atoms with E-state index in [1.807, 2.05) is 31.2 Å². The van der Waals surface area contributed by atoms with Crippen molar-refractivity contribution < 1.29 is 13.5 Å². The third kappa shape index (κ3) is 5.07. The molecule has 0 saturated carbocycles. The highest BCUT2D eigenvalue weighted by Gasteiger charge is 2.06. The molecule has 0 bridgehead atoms. The quantitative estimate of drug-likeness (QED) is 0.369. The number of fused-ring (bicyclic) bond motifs is 1. The van der Waals surface area contributed by atoms with Crippen LogP contribution in [0.15, 0.2) is 72.9 Å². The summed E-state index contributed by atoms with van der Waals surface area (Å²) in [5.74, 6) is 5.34. The summed E-state index contributed by atoms with van der Waals surface area (Å²) in [6.07, 6.45) is 3.50. The second kappa shape index (κ2) is 9.40. The number of aromatic nitrogens is 1. The van der Waals surface area contributed by atoms with E-state index in [4.69, 9.17) is 4.74 Å². The zero-order valence-corrected chi connectivity index (χ0v) is 17.2. The zero-order valence-electron chi connectivity index (χ0n) is 17.2. The number of halogens is 2. The van der Waals surface area contributed by atoms with Crippen molar-refractivity contribution in [1.29, 1.82) is 0 Å². The maximum atomic E-state index is 13.8. The number of ether oxygens (including phenoxy) is 1. The van der Waals surface area contributed by atoms with Crippen molar-refractivity contribution in [3.05, 3.63) is 107 Å². The van der Waals surface area contributed by atoms with E-state index in [-0.39, 0.29) is 5.39 Å². The summed E-state index contributed by atoms with van der Waals surface area (Å²) in [5.41, 5.74) is 3.89. The Bertz CT molecular complexity index is 1250. The van der Waals surface area contributed by atoms with Crippen LogP contribution in [-0.4, -0.2) is 11.6 Å². The molecule has 0 saturated heterocycles. The summed E-state index contributed by atoms with van der Waals surface area (Å²) in [4.78, 5) is 4.43. The third-order valence-corrected chi connectivity index (χ3v) is 4.99. The molecule has 4 heteroatoms. The van der Waals surface area contributed by atoms with Crippen LogP contribution in [0.5, 0.6) is 5.75 Å². The van der Waals surface area contributed by atoms with Gasteiger partial charge in [0.1, 0.15) is 5.75 Å². The second-order valence-electron chi connectivity index (χ2n) is 7.16. The number of hydrogen-bond acceptors (Lipinski definition) is 2. The minimum atomic E-state index is -0.843. The maximum Gasteiger partial charge on any atom is 0.166 e. The van der Waals surface area contributed by atoms with Crippen molar-refractivity contribution >= 4 is 10.8 Å². The van der Waals surface area contributed by atoms with Gasteiger partial charge in [0.25, 0.3) is 0 Å². The van der Waals surface area contributed by atoms with Crippen LogP contribution in [0.4, 0.5) is 8.78 Å². The predicted molar refractivity (Wildman–Crippen MR) is 119 cm³/mol. The lowest BCUT2D eigenvalue weighted by molar-refractivity contribution is 0.338. The smallest absolute Gasteiger partial charge is 0.166 e. The van der Waals surface area contributed by atoms with Crippen LogP contribution < -0.4 is 4.74 Å². The van der Waals surface area contributed by atoms with E-state index in [1.54, 1.807) is 30.5 Å². The molecule has 1 aromatic heterocycles. The summed E-state index contributed by atoms with van der Waals surface area (Å²) >= 11 is 0. The van der Waals surface area contributed by atoms with Crippen LogP contribution in [0.1, 0.15) is 29.3 Å². The molecule has 0 spiro atoms. The molecular weight excluding hydrogens is 392 g/mol. The van der Waals surface area contributed by atoms with Crippen LogP contribution in [0, 0.1) is 23.5 Å². The molecule has 1 heterocycles. The van der Waals surface area contributed by atoms with E-state index < -0.39 is 11.6 Å². The van der Waals surface area contributed by atoms with Gasteiger partial charge >= 0.3 is 0 Å². The molecule has 4 aromatic rings. The molecule has 0 aliphatic carbocycles. The third-order valence-electron chi connectivity index (χ3n) is 4.99. The molecular formula is C27H21F2NO. The zero-order chi connectivity index (χ0) is 21.6. The summed E-state index contributed by atoms with van der Waals surface area (Å²) < 4.78 is 32.6. The highest BCUT2D eigenvalue weighted by atomic mass is 19.2. The molecule has 0 N–H and O–H groups in total. The Hall–Kier alpha value is -3.71. The highest BCUT2D eigenvalue weighted by molar-refractivity contribution is 5.84. The fourth-order valence-corrected chi connectivity index (χ4v) is 3.33. The van der Waals surface area contributed by atoms with Crippen LogP contribution in [0.25, 0.3) is 10.8 Å². The Morgan fingerprint density at radius 3 is 2.35 bits per heavy atom. The number of pyridine rings is 1.